The van der Waals surface area contributed by atoms with Gasteiger partial charge in [0.25, 0.3) is 0 Å². The van der Waals surface area contributed by atoms with Crippen molar-refractivity contribution in [2.45, 2.75) is 6.04 Å². The monoisotopic (exact) mass is 73.0 g/mol. The third kappa shape index (κ3) is 1.89. The molecule has 0 aliphatic heterocycles. The molecule has 0 fully saturated rings. The molecule has 0 aromatic rings. The molecule has 0 radical (unpaired) electrons. The third-order valence-electron chi connectivity index (χ3n) is 0.204. The highest BCUT2D eigenvalue weighted by atomic mass is 28.1. The molecule has 0 saturated heterocycles. The average molecular weight is 73.2 g/mol. The first kappa shape index (κ1) is 3.89. The van der Waals surface area contributed by atoms with E-state index in [0.717, 1.165) is 16.3 Å². The van der Waals surface area contributed by atoms with Crippen molar-refractivity contribution in [1.82, 2.24) is 0 Å². The summed E-state index contributed by atoms with van der Waals surface area (Å²) in [5, 5.41) is 6.36. The van der Waals surface area contributed by atoms with E-state index in [9.17, 15) is 0 Å². The zero-order valence-electron chi connectivity index (χ0n) is 2.78. The molecular formula is C2H7NSi. The summed E-state index contributed by atoms with van der Waals surface area (Å²) in [7, 11) is 1.15. The molecule has 0 aliphatic carbocycles. The topological polar surface area (TPSA) is 23.9 Å². The molecule has 0 saturated carbocycles. The van der Waals surface area contributed by atoms with Crippen molar-refractivity contribution < 1.29 is 0 Å². The van der Waals surface area contributed by atoms with Gasteiger partial charge in [0.2, 0.25) is 0 Å². The zero-order valence-corrected chi connectivity index (χ0v) is 4.78. The Hall–Kier alpha value is -0.113. The van der Waals surface area contributed by atoms with Gasteiger partial charge in [-0.15, -0.1) is 0 Å². The fourth-order valence-corrected chi connectivity index (χ4v) is 0. The quantitative estimate of drug-likeness (QED) is 0.317. The van der Waals surface area contributed by atoms with Gasteiger partial charge in [-0.05, 0) is 12.3 Å². The minimum absolute atomic E-state index is 1.00. The van der Waals surface area contributed by atoms with Gasteiger partial charge in [0.15, 0.2) is 0 Å². The lowest BCUT2D eigenvalue weighted by Crippen LogP contribution is -1.59. The van der Waals surface area contributed by atoms with Gasteiger partial charge in [-0.1, -0.05) is 0 Å². The van der Waals surface area contributed by atoms with Crippen LogP contribution in [0.2, 0.25) is 6.04 Å². The summed E-state index contributed by atoms with van der Waals surface area (Å²) in [5.74, 6) is 0. The first-order valence-electron chi connectivity index (χ1n) is 1.40. The van der Waals surface area contributed by atoms with Crippen LogP contribution in [0.3, 0.4) is 0 Å². The van der Waals surface area contributed by atoms with E-state index in [4.69, 9.17) is 5.41 Å². The number of rotatable bonds is 1. The van der Waals surface area contributed by atoms with Crippen LogP contribution in [-0.4, -0.2) is 16.5 Å². The Morgan fingerprint density at radius 2 is 2.25 bits per heavy atom. The van der Waals surface area contributed by atoms with E-state index in [-0.39, 0.29) is 0 Å². The van der Waals surface area contributed by atoms with Gasteiger partial charge >= 0.3 is 0 Å². The average Bonchev–Trinajstić information content (AvgIpc) is 1.37. The summed E-state index contributed by atoms with van der Waals surface area (Å²) >= 11 is 0. The summed E-state index contributed by atoms with van der Waals surface area (Å²) in [5.41, 5.74) is 0. The standard InChI is InChI=1S/C2H7NSi/c3-1-2-4/h1,3H,2H2,4H3. The molecule has 0 aromatic carbocycles. The minimum atomic E-state index is 1.00. The van der Waals surface area contributed by atoms with E-state index in [1.54, 1.807) is 0 Å². The maximum atomic E-state index is 6.36. The Balaban J connectivity index is 2.30. The van der Waals surface area contributed by atoms with Crippen molar-refractivity contribution in [3.05, 3.63) is 0 Å². The summed E-state index contributed by atoms with van der Waals surface area (Å²) in [6, 6.07) is 1.00. The van der Waals surface area contributed by atoms with Crippen LogP contribution in [0.4, 0.5) is 0 Å². The highest BCUT2D eigenvalue weighted by Crippen LogP contribution is 1.47. The lowest BCUT2D eigenvalue weighted by molar-refractivity contribution is 1.55. The van der Waals surface area contributed by atoms with Gasteiger partial charge in [-0.3, -0.25) is 0 Å². The molecule has 2 heteroatoms. The zero-order chi connectivity index (χ0) is 3.41. The molecule has 0 aromatic heterocycles. The first-order chi connectivity index (χ1) is 1.91. The largest absolute Gasteiger partial charge is 0.313 e. The highest BCUT2D eigenvalue weighted by molar-refractivity contribution is 6.16. The summed E-state index contributed by atoms with van der Waals surface area (Å²) in [6.07, 6.45) is 1.44. The van der Waals surface area contributed by atoms with E-state index in [1.807, 2.05) is 0 Å². The maximum Gasteiger partial charge on any atom is 0.00950 e. The van der Waals surface area contributed by atoms with Crippen molar-refractivity contribution in [3.63, 3.8) is 0 Å². The second-order valence-corrected chi connectivity index (χ2v) is 1.43. The number of hydrogen-bond donors (Lipinski definition) is 1. The third-order valence-corrected chi connectivity index (χ3v) is 0.612. The normalized spacial score (nSPS) is 7.00. The molecule has 0 atom stereocenters. The predicted octanol–water partition coefficient (Wildman–Crippen LogP) is -0.580. The van der Waals surface area contributed by atoms with E-state index >= 15 is 0 Å². The predicted molar refractivity (Wildman–Crippen MR) is 23.5 cm³/mol. The van der Waals surface area contributed by atoms with Crippen LogP contribution in [0.1, 0.15) is 0 Å². The van der Waals surface area contributed by atoms with Crippen LogP contribution >= 0.6 is 0 Å². The molecule has 0 unspecified atom stereocenters. The van der Waals surface area contributed by atoms with Gasteiger partial charge in [0, 0.05) is 10.2 Å². The summed E-state index contributed by atoms with van der Waals surface area (Å²) in [6.45, 7) is 0. The van der Waals surface area contributed by atoms with Crippen LogP contribution in [0.5, 0.6) is 0 Å². The van der Waals surface area contributed by atoms with Gasteiger partial charge in [0.05, 0.1) is 0 Å². The molecule has 0 aliphatic rings. The Labute approximate surface area is 29.0 Å². The molecule has 0 rings (SSSR count). The Bertz CT molecular complexity index is 20.0. The molecule has 1 nitrogen and oxygen atoms in total. The van der Waals surface area contributed by atoms with Crippen molar-refractivity contribution in [2.24, 2.45) is 0 Å². The van der Waals surface area contributed by atoms with Gasteiger partial charge in [0.1, 0.15) is 0 Å². The second-order valence-electron chi connectivity index (χ2n) is 0.612. The minimum Gasteiger partial charge on any atom is -0.313 e. The van der Waals surface area contributed by atoms with E-state index in [0.29, 0.717) is 0 Å². The fraction of sp³-hybridized carbons (Fsp3) is 0.500. The van der Waals surface area contributed by atoms with Crippen LogP contribution in [0.25, 0.3) is 0 Å². The second kappa shape index (κ2) is 2.89. The molecule has 0 amide bonds. The highest BCUT2D eigenvalue weighted by Gasteiger charge is 1.48. The van der Waals surface area contributed by atoms with Crippen LogP contribution in [-0.2, 0) is 0 Å². The van der Waals surface area contributed by atoms with Crippen molar-refractivity contribution in [1.29, 1.82) is 5.41 Å². The van der Waals surface area contributed by atoms with Crippen molar-refractivity contribution in [3.8, 4) is 0 Å². The van der Waals surface area contributed by atoms with Crippen LogP contribution in [0, 0.1) is 5.41 Å². The fourth-order valence-electron chi connectivity index (χ4n) is 0. The van der Waals surface area contributed by atoms with E-state index in [1.165, 1.54) is 6.21 Å². The lowest BCUT2D eigenvalue weighted by Gasteiger charge is -1.55. The molecule has 4 heavy (non-hydrogen) atoms. The number of hydrogen-bond acceptors (Lipinski definition) is 1. The molecular weight excluding hydrogens is 66.1 g/mol. The van der Waals surface area contributed by atoms with Crippen LogP contribution in [0.15, 0.2) is 0 Å². The smallest absolute Gasteiger partial charge is 0.00950 e. The van der Waals surface area contributed by atoms with Gasteiger partial charge < -0.3 is 5.41 Å². The Morgan fingerprint density at radius 3 is 2.25 bits per heavy atom. The molecule has 1 N–H and O–H groups in total. The van der Waals surface area contributed by atoms with E-state index < -0.39 is 0 Å². The number of nitrogens with one attached hydrogen (secondary N) is 1. The van der Waals surface area contributed by atoms with Crippen molar-refractivity contribution >= 4 is 16.5 Å². The Kier molecular flexibility index (Phi) is 2.81. The van der Waals surface area contributed by atoms with Crippen LogP contribution < -0.4 is 0 Å². The maximum absolute atomic E-state index is 6.36. The SMILES string of the molecule is N=CC[SiH3]. The van der Waals surface area contributed by atoms with Gasteiger partial charge in [-0.2, -0.15) is 0 Å². The molecule has 0 spiro atoms. The molecule has 24 valence electrons. The summed E-state index contributed by atoms with van der Waals surface area (Å²) in [4.78, 5) is 0. The molecule has 0 heterocycles. The summed E-state index contributed by atoms with van der Waals surface area (Å²) < 4.78 is 0. The van der Waals surface area contributed by atoms with E-state index in [2.05, 4.69) is 0 Å². The first-order valence-corrected chi connectivity index (χ1v) is 2.82. The van der Waals surface area contributed by atoms with Gasteiger partial charge in [-0.25, -0.2) is 0 Å². The van der Waals surface area contributed by atoms with Crippen molar-refractivity contribution in [2.75, 3.05) is 0 Å². The molecule has 0 bridgehead atoms. The lowest BCUT2D eigenvalue weighted by atomic mass is 10.9. The Morgan fingerprint density at radius 1 is 2.00 bits per heavy atom.